The van der Waals surface area contributed by atoms with E-state index >= 15 is 0 Å². The summed E-state index contributed by atoms with van der Waals surface area (Å²) in [5, 5.41) is 16.5. The van der Waals surface area contributed by atoms with Crippen LogP contribution >= 0.6 is 0 Å². The standard InChI is InChI=1S/C27H36N6O7/c1-3-5-13-28-22-18-21(29-24(31-22)19-9-7-6-8-10-19)25(36)30-20(11-12-23(34)35)26(37)32-14-16-33(17-15-32)40-27(38)39-4-2/h6-10,18,20H,3-5,11-17H2,1-2H3,(H,30,36)(H,34,35)(H,28,29,31)/t20-/m0/s1. The van der Waals surface area contributed by atoms with Crippen molar-refractivity contribution in [2.24, 2.45) is 0 Å². The molecule has 0 bridgehead atoms. The zero-order valence-electron chi connectivity index (χ0n) is 22.8. The molecule has 3 rings (SSSR count). The summed E-state index contributed by atoms with van der Waals surface area (Å²) in [5.41, 5.74) is 0.769. The second kappa shape index (κ2) is 15.4. The lowest BCUT2D eigenvalue weighted by Crippen LogP contribution is -2.55. The largest absolute Gasteiger partial charge is 0.527 e. The van der Waals surface area contributed by atoms with Gasteiger partial charge in [0.15, 0.2) is 5.82 Å². The number of rotatable bonds is 13. The Morgan fingerprint density at radius 1 is 1.05 bits per heavy atom. The molecule has 13 nitrogen and oxygen atoms in total. The highest BCUT2D eigenvalue weighted by molar-refractivity contribution is 5.97. The molecule has 3 N–H and O–H groups in total. The van der Waals surface area contributed by atoms with E-state index in [0.29, 0.717) is 18.2 Å². The average Bonchev–Trinajstić information content (AvgIpc) is 2.95. The quantitative estimate of drug-likeness (QED) is 0.245. The zero-order valence-corrected chi connectivity index (χ0v) is 22.8. The summed E-state index contributed by atoms with van der Waals surface area (Å²) >= 11 is 0. The minimum atomic E-state index is -1.09. The van der Waals surface area contributed by atoms with Gasteiger partial charge in [-0.25, -0.2) is 14.8 Å². The van der Waals surface area contributed by atoms with E-state index in [1.165, 1.54) is 16.0 Å². The molecule has 0 spiro atoms. The number of amides is 2. The third-order valence-corrected chi connectivity index (χ3v) is 6.09. The lowest BCUT2D eigenvalue weighted by molar-refractivity contribution is -0.157. The smallest absolute Gasteiger partial charge is 0.481 e. The molecule has 40 heavy (non-hydrogen) atoms. The van der Waals surface area contributed by atoms with Gasteiger partial charge in [0, 0.05) is 37.7 Å². The fourth-order valence-corrected chi connectivity index (χ4v) is 3.99. The Balaban J connectivity index is 1.75. The van der Waals surface area contributed by atoms with Gasteiger partial charge in [0.1, 0.15) is 17.6 Å². The van der Waals surface area contributed by atoms with Gasteiger partial charge in [0.2, 0.25) is 5.91 Å². The molecule has 216 valence electrons. The van der Waals surface area contributed by atoms with Crippen molar-refractivity contribution in [2.75, 3.05) is 44.6 Å². The van der Waals surface area contributed by atoms with Crippen LogP contribution in [0.5, 0.6) is 0 Å². The van der Waals surface area contributed by atoms with Gasteiger partial charge in [0.05, 0.1) is 19.7 Å². The molecule has 1 aromatic carbocycles. The number of carboxylic acids is 1. The molecule has 0 aliphatic carbocycles. The summed E-state index contributed by atoms with van der Waals surface area (Å²) in [6, 6.07) is 9.63. The molecular weight excluding hydrogens is 520 g/mol. The maximum atomic E-state index is 13.4. The maximum absolute atomic E-state index is 13.4. The van der Waals surface area contributed by atoms with Gasteiger partial charge in [-0.3, -0.25) is 14.4 Å². The number of piperazine rings is 1. The van der Waals surface area contributed by atoms with Crippen LogP contribution in [0, 0.1) is 0 Å². The van der Waals surface area contributed by atoms with Crippen molar-refractivity contribution in [2.45, 2.75) is 45.6 Å². The molecule has 1 saturated heterocycles. The highest BCUT2D eigenvalue weighted by atomic mass is 16.8. The number of unbranched alkanes of at least 4 members (excludes halogenated alkanes) is 1. The first-order valence-electron chi connectivity index (χ1n) is 13.4. The van der Waals surface area contributed by atoms with Gasteiger partial charge in [-0.1, -0.05) is 43.7 Å². The third-order valence-electron chi connectivity index (χ3n) is 6.09. The number of benzene rings is 1. The minimum Gasteiger partial charge on any atom is -0.481 e. The molecule has 2 amide bonds. The second-order valence-corrected chi connectivity index (χ2v) is 9.10. The lowest BCUT2D eigenvalue weighted by atomic mass is 10.1. The minimum absolute atomic E-state index is 0.0497. The number of aliphatic carboxylic acids is 1. The zero-order chi connectivity index (χ0) is 28.9. The average molecular weight is 557 g/mol. The number of carbonyl (C=O) groups excluding carboxylic acids is 3. The van der Waals surface area contributed by atoms with E-state index in [2.05, 4.69) is 27.5 Å². The third kappa shape index (κ3) is 9.19. The fourth-order valence-electron chi connectivity index (χ4n) is 3.99. The molecule has 0 unspecified atom stereocenters. The molecule has 1 atom stereocenters. The summed E-state index contributed by atoms with van der Waals surface area (Å²) in [7, 11) is 0. The van der Waals surface area contributed by atoms with Crippen LogP contribution < -0.4 is 10.6 Å². The van der Waals surface area contributed by atoms with Crippen LogP contribution in [0.2, 0.25) is 0 Å². The first-order valence-corrected chi connectivity index (χ1v) is 13.4. The van der Waals surface area contributed by atoms with E-state index in [4.69, 9.17) is 9.57 Å². The van der Waals surface area contributed by atoms with Crippen molar-refractivity contribution < 1.29 is 33.9 Å². The Hall–Kier alpha value is -4.26. The Labute approximate surface area is 232 Å². The molecule has 2 aromatic rings. The molecule has 1 fully saturated rings. The maximum Gasteiger partial charge on any atom is 0.527 e. The number of hydrogen-bond acceptors (Lipinski definition) is 10. The summed E-state index contributed by atoms with van der Waals surface area (Å²) in [5.74, 6) is -1.32. The van der Waals surface area contributed by atoms with Gasteiger partial charge >= 0.3 is 12.1 Å². The van der Waals surface area contributed by atoms with Crippen molar-refractivity contribution in [1.29, 1.82) is 0 Å². The van der Waals surface area contributed by atoms with E-state index in [1.807, 2.05) is 30.3 Å². The van der Waals surface area contributed by atoms with Gasteiger partial charge in [-0.15, -0.1) is 5.06 Å². The Bertz CT molecular complexity index is 1160. The van der Waals surface area contributed by atoms with Crippen molar-refractivity contribution in [3.63, 3.8) is 0 Å². The van der Waals surface area contributed by atoms with Crippen molar-refractivity contribution in [1.82, 2.24) is 25.2 Å². The first kappa shape index (κ1) is 30.3. The topological polar surface area (TPSA) is 163 Å². The number of carboxylic acid groups (broad SMARTS) is 1. The number of carbonyl (C=O) groups is 4. The number of ether oxygens (including phenoxy) is 1. The number of hydroxylamine groups is 2. The molecule has 1 aromatic heterocycles. The predicted molar refractivity (Wildman–Crippen MR) is 145 cm³/mol. The molecular formula is C27H36N6O7. The first-order chi connectivity index (χ1) is 19.3. The highest BCUT2D eigenvalue weighted by Gasteiger charge is 2.31. The second-order valence-electron chi connectivity index (χ2n) is 9.10. The Kier molecular flexibility index (Phi) is 11.6. The number of nitrogens with zero attached hydrogens (tertiary/aromatic N) is 4. The van der Waals surface area contributed by atoms with Gasteiger partial charge in [-0.05, 0) is 19.8 Å². The van der Waals surface area contributed by atoms with Crippen LogP contribution in [0.1, 0.15) is 50.0 Å². The fraction of sp³-hybridized carbons (Fsp3) is 0.481. The number of anilines is 1. The summed E-state index contributed by atoms with van der Waals surface area (Å²) in [6.45, 7) is 5.48. The van der Waals surface area contributed by atoms with Crippen molar-refractivity contribution in [3.05, 3.63) is 42.1 Å². The van der Waals surface area contributed by atoms with Crippen LogP contribution in [0.4, 0.5) is 10.6 Å². The number of nitrogens with one attached hydrogen (secondary N) is 2. The molecule has 1 aliphatic heterocycles. The van der Waals surface area contributed by atoms with E-state index in [9.17, 15) is 24.3 Å². The van der Waals surface area contributed by atoms with Gasteiger partial charge in [-0.2, -0.15) is 0 Å². The number of aromatic nitrogens is 2. The summed E-state index contributed by atoms with van der Waals surface area (Å²) in [6.07, 6.45) is 0.657. The predicted octanol–water partition coefficient (Wildman–Crippen LogP) is 2.55. The number of hydrogen-bond donors (Lipinski definition) is 3. The summed E-state index contributed by atoms with van der Waals surface area (Å²) in [4.78, 5) is 65.1. The lowest BCUT2D eigenvalue weighted by Gasteiger charge is -2.35. The monoisotopic (exact) mass is 556 g/mol. The molecule has 1 aliphatic rings. The van der Waals surface area contributed by atoms with E-state index in [1.54, 1.807) is 6.92 Å². The molecule has 0 saturated carbocycles. The summed E-state index contributed by atoms with van der Waals surface area (Å²) < 4.78 is 4.77. The molecule has 13 heteroatoms. The van der Waals surface area contributed by atoms with Crippen molar-refractivity contribution in [3.8, 4) is 11.4 Å². The Morgan fingerprint density at radius 2 is 1.77 bits per heavy atom. The normalized spacial score (nSPS) is 14.2. The van der Waals surface area contributed by atoms with Crippen LogP contribution in [0.3, 0.4) is 0 Å². The van der Waals surface area contributed by atoms with Gasteiger partial charge < -0.3 is 30.2 Å². The van der Waals surface area contributed by atoms with Crippen LogP contribution in [0.15, 0.2) is 36.4 Å². The SMILES string of the molecule is CCCCNc1cc(C(=O)N[C@@H](CCC(=O)O)C(=O)N2CCN(OC(=O)OCC)CC2)nc(-c2ccccc2)n1. The van der Waals surface area contributed by atoms with E-state index in [0.717, 1.165) is 18.4 Å². The molecule has 2 heterocycles. The van der Waals surface area contributed by atoms with E-state index in [-0.39, 0.29) is 51.3 Å². The van der Waals surface area contributed by atoms with Crippen LogP contribution in [-0.2, 0) is 19.2 Å². The van der Waals surface area contributed by atoms with E-state index < -0.39 is 30.0 Å². The highest BCUT2D eigenvalue weighted by Crippen LogP contribution is 2.19. The van der Waals surface area contributed by atoms with Crippen LogP contribution in [-0.4, -0.2) is 94.3 Å². The Morgan fingerprint density at radius 3 is 2.42 bits per heavy atom. The van der Waals surface area contributed by atoms with Gasteiger partial charge in [0.25, 0.3) is 5.91 Å². The van der Waals surface area contributed by atoms with Crippen LogP contribution in [0.25, 0.3) is 11.4 Å². The van der Waals surface area contributed by atoms with Crippen molar-refractivity contribution >= 4 is 29.8 Å². The molecule has 0 radical (unpaired) electrons.